The highest BCUT2D eigenvalue weighted by molar-refractivity contribution is 7.85. The topological polar surface area (TPSA) is 63.6 Å². The van der Waals surface area contributed by atoms with Crippen molar-refractivity contribution in [3.05, 3.63) is 24.3 Å². The molecule has 0 fully saturated rings. The molecule has 1 rings (SSSR count). The van der Waals surface area contributed by atoms with Crippen molar-refractivity contribution >= 4 is 22.5 Å². The molecule has 0 bridgehead atoms. The summed E-state index contributed by atoms with van der Waals surface area (Å²) in [5, 5.41) is 0. The normalized spacial score (nSPS) is 11.8. The lowest BCUT2D eigenvalue weighted by molar-refractivity contribution is -0.0257. The van der Waals surface area contributed by atoms with Gasteiger partial charge in [-0.05, 0) is 24.3 Å². The third-order valence-corrected chi connectivity index (χ3v) is 2.35. The summed E-state index contributed by atoms with van der Waals surface area (Å²) in [7, 11) is -4.21. The second kappa shape index (κ2) is 4.99. The van der Waals surface area contributed by atoms with Gasteiger partial charge in [0.05, 0.1) is 4.90 Å². The quantitative estimate of drug-likeness (QED) is 0.857. The van der Waals surface area contributed by atoms with Crippen LogP contribution in [0.5, 0.6) is 5.75 Å². The fourth-order valence-electron chi connectivity index (χ4n) is 0.960. The van der Waals surface area contributed by atoms with Crippen molar-refractivity contribution in [2.75, 3.05) is 0 Å². The first-order chi connectivity index (χ1) is 6.68. The van der Waals surface area contributed by atoms with Gasteiger partial charge >= 0.3 is 0 Å². The molecule has 0 aliphatic rings. The van der Waals surface area contributed by atoms with Gasteiger partial charge in [-0.3, -0.25) is 4.55 Å². The molecule has 7 heteroatoms. The minimum absolute atomic E-state index is 0. The summed E-state index contributed by atoms with van der Waals surface area (Å²) in [6.45, 7) is 2.45. The van der Waals surface area contributed by atoms with E-state index in [0.717, 1.165) is 12.1 Å². The van der Waals surface area contributed by atoms with E-state index >= 15 is 0 Å². The molecule has 1 N–H and O–H groups in total. The van der Waals surface area contributed by atoms with Crippen LogP contribution in [0.4, 0.5) is 4.39 Å². The average Bonchev–Trinajstić information content (AvgIpc) is 2.00. The van der Waals surface area contributed by atoms with Gasteiger partial charge < -0.3 is 4.74 Å². The maximum absolute atomic E-state index is 13.0. The zero-order valence-corrected chi connectivity index (χ0v) is 10.3. The Morgan fingerprint density at radius 3 is 2.00 bits per heavy atom. The molecule has 0 heterocycles. The third kappa shape index (κ3) is 4.78. The van der Waals surface area contributed by atoms with Crippen molar-refractivity contribution in [3.63, 3.8) is 0 Å². The zero-order valence-electron chi connectivity index (χ0n) is 8.68. The Bertz CT molecular complexity index is 436. The van der Waals surface area contributed by atoms with Crippen LogP contribution in [0, 0.1) is 0 Å². The molecular formula is C9H12ClFO4S. The highest BCUT2D eigenvalue weighted by Gasteiger charge is 2.17. The third-order valence-electron chi connectivity index (χ3n) is 1.48. The average molecular weight is 271 g/mol. The number of ether oxygens (including phenoxy) is 1. The molecule has 0 radical (unpaired) electrons. The molecule has 0 aliphatic heterocycles. The van der Waals surface area contributed by atoms with Crippen LogP contribution >= 0.6 is 12.4 Å². The summed E-state index contributed by atoms with van der Waals surface area (Å²) in [6, 6.07) is 4.81. The Hall–Kier alpha value is -0.850. The molecular weight excluding hydrogens is 259 g/mol. The van der Waals surface area contributed by atoms with Crippen LogP contribution in [0.15, 0.2) is 29.2 Å². The van der Waals surface area contributed by atoms with Gasteiger partial charge in [0.15, 0.2) is 0 Å². The summed E-state index contributed by atoms with van der Waals surface area (Å²) in [5.41, 5.74) is 0. The SMILES string of the molecule is CC(C)(F)Oc1ccc(S(=O)(=O)O)cc1.Cl. The predicted octanol–water partition coefficient (Wildman–Crippen LogP) is 2.44. The van der Waals surface area contributed by atoms with E-state index in [1.165, 1.54) is 26.0 Å². The van der Waals surface area contributed by atoms with Crippen molar-refractivity contribution in [2.24, 2.45) is 0 Å². The van der Waals surface area contributed by atoms with Crippen LogP contribution in [-0.2, 0) is 10.1 Å². The molecule has 16 heavy (non-hydrogen) atoms. The van der Waals surface area contributed by atoms with Crippen LogP contribution in [-0.4, -0.2) is 18.8 Å². The highest BCUT2D eigenvalue weighted by Crippen LogP contribution is 2.21. The van der Waals surface area contributed by atoms with Gasteiger partial charge in [-0.2, -0.15) is 12.8 Å². The summed E-state index contributed by atoms with van der Waals surface area (Å²) in [4.78, 5) is -0.258. The van der Waals surface area contributed by atoms with Gasteiger partial charge in [-0.1, -0.05) is 0 Å². The Balaban J connectivity index is 0.00000225. The number of alkyl halides is 1. The lowest BCUT2D eigenvalue weighted by atomic mass is 10.3. The van der Waals surface area contributed by atoms with Gasteiger partial charge in [0.25, 0.3) is 10.1 Å². The number of halogens is 2. The minimum Gasteiger partial charge on any atom is -0.459 e. The fourth-order valence-corrected chi connectivity index (χ4v) is 1.44. The van der Waals surface area contributed by atoms with E-state index in [9.17, 15) is 12.8 Å². The highest BCUT2D eigenvalue weighted by atomic mass is 35.5. The first kappa shape index (κ1) is 15.2. The second-order valence-corrected chi connectivity index (χ2v) is 4.83. The molecule has 0 spiro atoms. The fraction of sp³-hybridized carbons (Fsp3) is 0.333. The van der Waals surface area contributed by atoms with E-state index in [4.69, 9.17) is 9.29 Å². The monoisotopic (exact) mass is 270 g/mol. The summed E-state index contributed by atoms with van der Waals surface area (Å²) in [6.07, 6.45) is 0. The number of benzene rings is 1. The molecule has 0 saturated heterocycles. The maximum Gasteiger partial charge on any atom is 0.294 e. The van der Waals surface area contributed by atoms with Gasteiger partial charge in [0, 0.05) is 13.8 Å². The summed E-state index contributed by atoms with van der Waals surface area (Å²) in [5.74, 6) is -1.64. The molecule has 0 saturated carbocycles. The van der Waals surface area contributed by atoms with E-state index < -0.39 is 16.0 Å². The molecule has 1 aromatic rings. The summed E-state index contributed by atoms with van der Waals surface area (Å²) >= 11 is 0. The molecule has 0 aliphatic carbocycles. The largest absolute Gasteiger partial charge is 0.459 e. The molecule has 0 amide bonds. The maximum atomic E-state index is 13.0. The van der Waals surface area contributed by atoms with Crippen LogP contribution < -0.4 is 4.74 Å². The number of hydrogen-bond donors (Lipinski definition) is 1. The van der Waals surface area contributed by atoms with Gasteiger partial charge in [-0.25, -0.2) is 0 Å². The van der Waals surface area contributed by atoms with Crippen molar-refractivity contribution in [3.8, 4) is 5.75 Å². The molecule has 0 aromatic heterocycles. The van der Waals surface area contributed by atoms with E-state index in [2.05, 4.69) is 0 Å². The van der Waals surface area contributed by atoms with Crippen LogP contribution in [0.2, 0.25) is 0 Å². The second-order valence-electron chi connectivity index (χ2n) is 3.41. The minimum atomic E-state index is -4.21. The van der Waals surface area contributed by atoms with E-state index in [0.29, 0.717) is 0 Å². The standard InChI is InChI=1S/C9H11FO4S.ClH/c1-9(2,10)14-7-3-5-8(6-4-7)15(11,12)13;/h3-6H,1-2H3,(H,11,12,13);1H. The smallest absolute Gasteiger partial charge is 0.294 e. The number of rotatable bonds is 3. The Morgan fingerprint density at radius 1 is 1.25 bits per heavy atom. The van der Waals surface area contributed by atoms with Crippen LogP contribution in [0.3, 0.4) is 0 Å². The van der Waals surface area contributed by atoms with Crippen LogP contribution in [0.1, 0.15) is 13.8 Å². The molecule has 92 valence electrons. The zero-order chi connectivity index (χ0) is 11.7. The van der Waals surface area contributed by atoms with Crippen molar-refractivity contribution in [2.45, 2.75) is 24.6 Å². The Morgan fingerprint density at radius 2 is 1.69 bits per heavy atom. The summed E-state index contributed by atoms with van der Waals surface area (Å²) < 4.78 is 47.9. The molecule has 0 atom stereocenters. The number of hydrogen-bond acceptors (Lipinski definition) is 3. The lowest BCUT2D eigenvalue weighted by Crippen LogP contribution is -2.20. The molecule has 0 unspecified atom stereocenters. The van der Waals surface area contributed by atoms with Gasteiger partial charge in [0.2, 0.25) is 5.85 Å². The van der Waals surface area contributed by atoms with Crippen LogP contribution in [0.25, 0.3) is 0 Å². The first-order valence-electron chi connectivity index (χ1n) is 4.14. The molecule has 4 nitrogen and oxygen atoms in total. The molecule has 1 aromatic carbocycles. The predicted molar refractivity (Wildman–Crippen MR) is 59.3 cm³/mol. The Labute approximate surface area is 99.6 Å². The van der Waals surface area contributed by atoms with E-state index in [1.807, 2.05) is 0 Å². The lowest BCUT2D eigenvalue weighted by Gasteiger charge is -2.16. The van der Waals surface area contributed by atoms with Crippen molar-refractivity contribution < 1.29 is 22.1 Å². The van der Waals surface area contributed by atoms with E-state index in [-0.39, 0.29) is 23.1 Å². The van der Waals surface area contributed by atoms with Gasteiger partial charge in [0.1, 0.15) is 5.75 Å². The van der Waals surface area contributed by atoms with Gasteiger partial charge in [-0.15, -0.1) is 12.4 Å². The Kier molecular flexibility index (Phi) is 4.72. The first-order valence-corrected chi connectivity index (χ1v) is 5.58. The van der Waals surface area contributed by atoms with Crippen molar-refractivity contribution in [1.29, 1.82) is 0 Å². The van der Waals surface area contributed by atoms with Crippen molar-refractivity contribution in [1.82, 2.24) is 0 Å². The van der Waals surface area contributed by atoms with E-state index in [1.54, 1.807) is 0 Å².